The fourth-order valence-corrected chi connectivity index (χ4v) is 3.92. The molecule has 2 N–H and O–H groups in total. The lowest BCUT2D eigenvalue weighted by Gasteiger charge is -2.25. The van der Waals surface area contributed by atoms with Crippen LogP contribution in [0.25, 0.3) is 0 Å². The summed E-state index contributed by atoms with van der Waals surface area (Å²) in [5, 5.41) is 5.79. The number of thioether (sulfide) groups is 1. The fraction of sp³-hybridized carbons (Fsp3) is 0.333. The molecule has 1 heterocycles. The van der Waals surface area contributed by atoms with Gasteiger partial charge in [0.2, 0.25) is 5.91 Å². The Morgan fingerprint density at radius 1 is 1.22 bits per heavy atom. The third-order valence-corrected chi connectivity index (χ3v) is 5.89. The lowest BCUT2D eigenvalue weighted by molar-refractivity contribution is -0.115. The summed E-state index contributed by atoms with van der Waals surface area (Å²) in [4.78, 5) is 27.6. The molecule has 0 fully saturated rings. The minimum atomic E-state index is -0.129. The van der Waals surface area contributed by atoms with Crippen LogP contribution in [0.3, 0.4) is 0 Å². The van der Waals surface area contributed by atoms with Crippen molar-refractivity contribution in [3.8, 4) is 0 Å². The van der Waals surface area contributed by atoms with Crippen LogP contribution in [0.15, 0.2) is 53.4 Å². The Morgan fingerprint density at radius 2 is 1.96 bits per heavy atom. The second-order valence-electron chi connectivity index (χ2n) is 6.98. The van der Waals surface area contributed by atoms with Gasteiger partial charge in [0.05, 0.1) is 10.9 Å². The Hall–Kier alpha value is -2.31. The van der Waals surface area contributed by atoms with Gasteiger partial charge in [0, 0.05) is 23.0 Å². The van der Waals surface area contributed by atoms with Crippen LogP contribution < -0.4 is 10.6 Å². The molecular formula is C21H25N3O2S. The van der Waals surface area contributed by atoms with Gasteiger partial charge >= 0.3 is 0 Å². The number of nitrogens with zero attached hydrogens (tertiary/aromatic N) is 1. The van der Waals surface area contributed by atoms with Crippen molar-refractivity contribution in [1.82, 2.24) is 10.2 Å². The highest BCUT2D eigenvalue weighted by Crippen LogP contribution is 2.35. The number of hydrogen-bond donors (Lipinski definition) is 2. The van der Waals surface area contributed by atoms with E-state index in [0.29, 0.717) is 17.8 Å². The third-order valence-electron chi connectivity index (χ3n) is 4.72. The van der Waals surface area contributed by atoms with Crippen LogP contribution in [-0.2, 0) is 11.2 Å². The zero-order valence-electron chi connectivity index (χ0n) is 15.9. The topological polar surface area (TPSA) is 61.4 Å². The highest BCUT2D eigenvalue weighted by molar-refractivity contribution is 8.00. The van der Waals surface area contributed by atoms with E-state index in [-0.39, 0.29) is 23.1 Å². The van der Waals surface area contributed by atoms with E-state index >= 15 is 0 Å². The van der Waals surface area contributed by atoms with E-state index in [1.807, 2.05) is 51.4 Å². The molecule has 6 heteroatoms. The summed E-state index contributed by atoms with van der Waals surface area (Å²) in [5.74, 6) is -0.156. The van der Waals surface area contributed by atoms with E-state index in [4.69, 9.17) is 0 Å². The molecule has 2 aromatic rings. The summed E-state index contributed by atoms with van der Waals surface area (Å²) in [6.45, 7) is 2.42. The number of rotatable bonds is 6. The van der Waals surface area contributed by atoms with Crippen LogP contribution in [0.2, 0.25) is 0 Å². The molecule has 2 atom stereocenters. The van der Waals surface area contributed by atoms with E-state index in [2.05, 4.69) is 27.7 Å². The molecule has 0 unspecified atom stereocenters. The first-order valence-electron chi connectivity index (χ1n) is 9.04. The average Bonchev–Trinajstić information content (AvgIpc) is 2.66. The average molecular weight is 384 g/mol. The molecule has 0 saturated heterocycles. The van der Waals surface area contributed by atoms with Gasteiger partial charge in [-0.05, 0) is 51.2 Å². The first kappa shape index (κ1) is 19.5. The summed E-state index contributed by atoms with van der Waals surface area (Å²) in [5.41, 5.74) is 2.51. The Kier molecular flexibility index (Phi) is 6.19. The second-order valence-corrected chi connectivity index (χ2v) is 8.36. The number of fused-ring (bicyclic) bond motifs is 1. The minimum absolute atomic E-state index is 0.0272. The minimum Gasteiger partial charge on any atom is -0.350 e. The van der Waals surface area contributed by atoms with Crippen LogP contribution in [0, 0.1) is 0 Å². The van der Waals surface area contributed by atoms with E-state index in [1.165, 1.54) is 17.3 Å². The summed E-state index contributed by atoms with van der Waals surface area (Å²) < 4.78 is 0. The molecule has 0 aromatic heterocycles. The molecule has 142 valence electrons. The van der Waals surface area contributed by atoms with Crippen LogP contribution in [0.5, 0.6) is 0 Å². The van der Waals surface area contributed by atoms with Crippen molar-refractivity contribution >= 4 is 29.3 Å². The van der Waals surface area contributed by atoms with Crippen LogP contribution >= 0.6 is 11.8 Å². The predicted molar refractivity (Wildman–Crippen MR) is 110 cm³/mol. The van der Waals surface area contributed by atoms with Crippen LogP contribution in [0.1, 0.15) is 22.8 Å². The molecule has 0 aliphatic carbocycles. The number of nitrogens with one attached hydrogen (secondary N) is 2. The van der Waals surface area contributed by atoms with E-state index in [1.54, 1.807) is 6.07 Å². The number of amides is 2. The molecule has 1 aliphatic rings. The van der Waals surface area contributed by atoms with Gasteiger partial charge in [-0.25, -0.2) is 0 Å². The SMILES string of the molecule is C[C@@H]1Sc2ccc(C(=O)NC[C@@H](Cc3ccccc3)N(C)C)cc2NC1=O. The highest BCUT2D eigenvalue weighted by Gasteiger charge is 2.24. The summed E-state index contributed by atoms with van der Waals surface area (Å²) in [6.07, 6.45) is 0.864. The van der Waals surface area contributed by atoms with Crippen molar-refractivity contribution in [2.75, 3.05) is 26.0 Å². The Morgan fingerprint density at radius 3 is 2.67 bits per heavy atom. The smallest absolute Gasteiger partial charge is 0.251 e. The number of hydrogen-bond acceptors (Lipinski definition) is 4. The van der Waals surface area contributed by atoms with Crippen molar-refractivity contribution in [2.45, 2.75) is 29.5 Å². The monoisotopic (exact) mass is 383 g/mol. The first-order chi connectivity index (χ1) is 12.9. The van der Waals surface area contributed by atoms with Crippen molar-refractivity contribution < 1.29 is 9.59 Å². The van der Waals surface area contributed by atoms with E-state index in [0.717, 1.165) is 11.3 Å². The van der Waals surface area contributed by atoms with Gasteiger partial charge in [-0.3, -0.25) is 9.59 Å². The van der Waals surface area contributed by atoms with Crippen molar-refractivity contribution in [2.24, 2.45) is 0 Å². The number of carbonyl (C=O) groups is 2. The fourth-order valence-electron chi connectivity index (χ4n) is 2.99. The molecule has 0 bridgehead atoms. The standard InChI is InChI=1S/C21H25N3O2S/c1-14-20(25)23-18-12-16(9-10-19(18)27-14)21(26)22-13-17(24(2)3)11-15-7-5-4-6-8-15/h4-10,12,14,17H,11,13H2,1-3H3,(H,22,26)(H,23,25)/t14-,17+/m0/s1. The maximum absolute atomic E-state index is 12.6. The molecule has 0 radical (unpaired) electrons. The molecule has 2 amide bonds. The third kappa shape index (κ3) is 4.90. The van der Waals surface area contributed by atoms with Crippen molar-refractivity contribution in [3.05, 3.63) is 59.7 Å². The van der Waals surface area contributed by atoms with Crippen LogP contribution in [0.4, 0.5) is 5.69 Å². The largest absolute Gasteiger partial charge is 0.350 e. The van der Waals surface area contributed by atoms with Gasteiger partial charge in [-0.1, -0.05) is 30.3 Å². The Bertz CT molecular complexity index is 823. The van der Waals surface area contributed by atoms with Gasteiger partial charge in [-0.2, -0.15) is 0 Å². The number of carbonyl (C=O) groups excluding carboxylic acids is 2. The Balaban J connectivity index is 1.64. The van der Waals surface area contributed by atoms with Crippen molar-refractivity contribution in [3.63, 3.8) is 0 Å². The lowest BCUT2D eigenvalue weighted by Crippen LogP contribution is -2.41. The van der Waals surface area contributed by atoms with Crippen molar-refractivity contribution in [1.29, 1.82) is 0 Å². The number of benzene rings is 2. The lowest BCUT2D eigenvalue weighted by atomic mass is 10.0. The highest BCUT2D eigenvalue weighted by atomic mass is 32.2. The quantitative estimate of drug-likeness (QED) is 0.805. The molecular weight excluding hydrogens is 358 g/mol. The van der Waals surface area contributed by atoms with E-state index < -0.39 is 0 Å². The predicted octanol–water partition coefficient (Wildman–Crippen LogP) is 3.02. The summed E-state index contributed by atoms with van der Waals surface area (Å²) in [7, 11) is 4.04. The normalized spacial score (nSPS) is 17.2. The molecule has 0 saturated carbocycles. The molecule has 5 nitrogen and oxygen atoms in total. The van der Waals surface area contributed by atoms with Gasteiger partial charge in [0.25, 0.3) is 5.91 Å². The number of likely N-dealkylation sites (N-methyl/N-ethyl adjacent to an activating group) is 1. The number of anilines is 1. The molecule has 2 aromatic carbocycles. The van der Waals surface area contributed by atoms with Gasteiger partial charge < -0.3 is 15.5 Å². The van der Waals surface area contributed by atoms with Crippen LogP contribution in [-0.4, -0.2) is 48.6 Å². The van der Waals surface area contributed by atoms with Gasteiger partial charge in [-0.15, -0.1) is 11.8 Å². The molecule has 1 aliphatic heterocycles. The second kappa shape index (κ2) is 8.59. The summed E-state index contributed by atoms with van der Waals surface area (Å²) in [6, 6.07) is 15.9. The molecule has 0 spiro atoms. The summed E-state index contributed by atoms with van der Waals surface area (Å²) >= 11 is 1.51. The van der Waals surface area contributed by atoms with Gasteiger partial charge in [0.15, 0.2) is 0 Å². The molecule has 27 heavy (non-hydrogen) atoms. The molecule has 3 rings (SSSR count). The maximum Gasteiger partial charge on any atom is 0.251 e. The zero-order valence-corrected chi connectivity index (χ0v) is 16.7. The maximum atomic E-state index is 12.6. The van der Waals surface area contributed by atoms with E-state index in [9.17, 15) is 9.59 Å². The van der Waals surface area contributed by atoms with Gasteiger partial charge in [0.1, 0.15) is 0 Å². The Labute approximate surface area is 164 Å². The zero-order chi connectivity index (χ0) is 19.4. The first-order valence-corrected chi connectivity index (χ1v) is 9.92.